The van der Waals surface area contributed by atoms with E-state index in [1.54, 1.807) is 0 Å². The molecule has 0 saturated heterocycles. The number of aliphatic hydroxyl groups excluding tert-OH is 2. The number of ether oxygens (including phenoxy) is 3. The Bertz CT molecular complexity index is 3170. The van der Waals surface area contributed by atoms with E-state index >= 15 is 0 Å². The molecule has 0 heterocycles. The van der Waals surface area contributed by atoms with Gasteiger partial charge in [0.1, 0.15) is 25.4 Å². The van der Waals surface area contributed by atoms with Crippen molar-refractivity contribution >= 4 is 33.6 Å². The molecule has 0 aliphatic heterocycles. The van der Waals surface area contributed by atoms with Crippen LogP contribution in [0.2, 0.25) is 0 Å². The highest BCUT2D eigenvalue weighted by Gasteiger charge is 2.30. The molecule has 0 aliphatic carbocycles. The molecule has 0 bridgehead atoms. The van der Waals surface area contributed by atoms with Gasteiger partial charge in [0.25, 0.3) is 0 Å². The summed E-state index contributed by atoms with van der Waals surface area (Å²) in [5.74, 6) is -1.55. The van der Waals surface area contributed by atoms with Gasteiger partial charge in [0.2, 0.25) is 0 Å². The van der Waals surface area contributed by atoms with Gasteiger partial charge in [-0.05, 0) is 161 Å². The molecule has 5 atom stereocenters. The average molecular weight is 1960 g/mol. The fraction of sp³-hybridized carbons (Fsp3) is 0.739. The van der Waals surface area contributed by atoms with Crippen LogP contribution in [0.15, 0.2) is 170 Å². The van der Waals surface area contributed by atoms with E-state index in [9.17, 15) is 43.5 Å². The second kappa shape index (κ2) is 110. The fourth-order valence-electron chi connectivity index (χ4n) is 15.9. The molecule has 0 amide bonds. The summed E-state index contributed by atoms with van der Waals surface area (Å²) >= 11 is 0. The van der Waals surface area contributed by atoms with Crippen LogP contribution in [0.3, 0.4) is 0 Å². The Morgan fingerprint density at radius 2 is 0.387 bits per heavy atom. The molecule has 0 aromatic heterocycles. The van der Waals surface area contributed by atoms with Crippen LogP contribution < -0.4 is 0 Å². The van der Waals surface area contributed by atoms with E-state index < -0.39 is 91.5 Å². The molecule has 0 fully saturated rings. The van der Waals surface area contributed by atoms with Gasteiger partial charge in [-0.2, -0.15) is 0 Å². The second-order valence-electron chi connectivity index (χ2n) is 37.8. The predicted octanol–water partition coefficient (Wildman–Crippen LogP) is 36.5. The molecule has 0 saturated carbocycles. The van der Waals surface area contributed by atoms with Crippen molar-refractivity contribution in [2.75, 3.05) is 39.6 Å². The van der Waals surface area contributed by atoms with Crippen LogP contribution in [-0.4, -0.2) is 95.9 Å². The largest absolute Gasteiger partial charge is 0.472 e. The van der Waals surface area contributed by atoms with Crippen LogP contribution in [0.5, 0.6) is 0 Å². The third-order valence-electron chi connectivity index (χ3n) is 24.4. The monoisotopic (exact) mass is 1960 g/mol. The van der Waals surface area contributed by atoms with Crippen molar-refractivity contribution < 1.29 is 75.8 Å². The number of phosphoric acid groups is 2. The molecular weight excluding hydrogens is 1750 g/mol. The number of carbonyl (C=O) groups is 3. The molecular formula is C119H208O16P2. The smallest absolute Gasteiger partial charge is 0.463 e. The van der Waals surface area contributed by atoms with Crippen molar-refractivity contribution in [3.05, 3.63) is 170 Å². The minimum Gasteiger partial charge on any atom is -0.463 e. The Hall–Kier alpha value is -5.09. The quantitative estimate of drug-likeness (QED) is 0.0146. The van der Waals surface area contributed by atoms with Gasteiger partial charge in [-0.1, -0.05) is 499 Å². The maximum Gasteiger partial charge on any atom is 0.472 e. The Kier molecular flexibility index (Phi) is 106. The molecule has 0 aromatic carbocycles. The summed E-state index contributed by atoms with van der Waals surface area (Å²) in [7, 11) is -9.82. The van der Waals surface area contributed by atoms with Crippen LogP contribution in [0.4, 0.5) is 0 Å². The summed E-state index contributed by atoms with van der Waals surface area (Å²) in [4.78, 5) is 59.4. The topological polar surface area (TPSA) is 231 Å². The first-order valence-corrected chi connectivity index (χ1v) is 59.4. The zero-order valence-corrected chi connectivity index (χ0v) is 89.8. The number of aliphatic hydroxyl groups is 2. The van der Waals surface area contributed by atoms with E-state index in [0.29, 0.717) is 19.3 Å². The van der Waals surface area contributed by atoms with Crippen LogP contribution in [0, 0.1) is 0 Å². The van der Waals surface area contributed by atoms with E-state index in [2.05, 4.69) is 191 Å². The summed E-state index contributed by atoms with van der Waals surface area (Å²) < 4.78 is 61.9. The summed E-state index contributed by atoms with van der Waals surface area (Å²) in [5.41, 5.74) is 0. The number of hydrogen-bond donors (Lipinski definition) is 4. The summed E-state index contributed by atoms with van der Waals surface area (Å²) in [6, 6.07) is 0. The second-order valence-corrected chi connectivity index (χ2v) is 40.7. The van der Waals surface area contributed by atoms with E-state index in [1.165, 1.54) is 302 Å². The number of carbonyl (C=O) groups excluding carboxylic acids is 3. The Labute approximate surface area is 841 Å². The van der Waals surface area contributed by atoms with E-state index in [0.717, 1.165) is 148 Å². The number of allylic oxidation sites excluding steroid dienone is 28. The molecule has 790 valence electrons. The number of unbranched alkanes of at least 4 members (excludes halogenated alkanes) is 56. The molecule has 5 unspecified atom stereocenters. The molecule has 0 aliphatic rings. The molecule has 16 nitrogen and oxygen atoms in total. The summed E-state index contributed by atoms with van der Waals surface area (Å²) in [6.07, 6.45) is 146. The first-order chi connectivity index (χ1) is 67.2. The lowest BCUT2D eigenvalue weighted by atomic mass is 10.0. The maximum atomic E-state index is 13.2. The predicted molar refractivity (Wildman–Crippen MR) is 583 cm³/mol. The highest BCUT2D eigenvalue weighted by atomic mass is 31.2. The van der Waals surface area contributed by atoms with Crippen molar-refractivity contribution in [1.82, 2.24) is 0 Å². The van der Waals surface area contributed by atoms with Crippen molar-refractivity contribution in [2.45, 2.75) is 527 Å². The average Bonchev–Trinajstić information content (AvgIpc) is 1.21. The van der Waals surface area contributed by atoms with Crippen molar-refractivity contribution in [1.29, 1.82) is 0 Å². The zero-order valence-electron chi connectivity index (χ0n) is 88.0. The highest BCUT2D eigenvalue weighted by Crippen LogP contribution is 2.45. The van der Waals surface area contributed by atoms with Crippen molar-refractivity contribution in [2.24, 2.45) is 0 Å². The van der Waals surface area contributed by atoms with Gasteiger partial charge >= 0.3 is 33.6 Å². The number of esters is 3. The summed E-state index contributed by atoms with van der Waals surface area (Å²) in [6.45, 7) is 2.61. The van der Waals surface area contributed by atoms with E-state index in [1.807, 2.05) is 0 Å². The Morgan fingerprint density at radius 3 is 0.613 bits per heavy atom. The normalized spacial score (nSPS) is 14.2. The molecule has 4 N–H and O–H groups in total. The SMILES string of the molecule is CC/C=C\C/C=C\C/C=C\C/C=C\C/C=C\C/C=C\CCCCCCCCCCCCCCC(=O)OC(COC(=O)CCCCCCCCCCCCCCCCCCCCC/C=C\C/C=C\C/C=C\C/C=C\CCCCC)COP(=O)(O)OCC(O)COP(=O)(O)OCC(O)COC(=O)CCCCCCCCCCCCCCCCCCCCC/C=C\C/C=C\C/C=C\C/C=C\CCCCC. The number of rotatable bonds is 107. The van der Waals surface area contributed by atoms with Crippen molar-refractivity contribution in [3.63, 3.8) is 0 Å². The van der Waals surface area contributed by atoms with Gasteiger partial charge in [0, 0.05) is 19.3 Å². The number of phosphoric ester groups is 2. The first-order valence-electron chi connectivity index (χ1n) is 56.4. The lowest BCUT2D eigenvalue weighted by Crippen LogP contribution is -2.30. The minimum absolute atomic E-state index is 0.100. The van der Waals surface area contributed by atoms with Crippen LogP contribution in [0.25, 0.3) is 0 Å². The van der Waals surface area contributed by atoms with Crippen LogP contribution in [-0.2, 0) is 55.8 Å². The molecule has 0 radical (unpaired) electrons. The fourth-order valence-corrected chi connectivity index (χ4v) is 17.5. The minimum atomic E-state index is -4.95. The van der Waals surface area contributed by atoms with Gasteiger partial charge in [-0.15, -0.1) is 0 Å². The Balaban J connectivity index is 4.59. The van der Waals surface area contributed by atoms with E-state index in [-0.39, 0.29) is 19.3 Å². The maximum absolute atomic E-state index is 13.2. The van der Waals surface area contributed by atoms with Gasteiger partial charge in [0.15, 0.2) is 6.10 Å². The zero-order chi connectivity index (χ0) is 99.2. The van der Waals surface area contributed by atoms with Crippen LogP contribution >= 0.6 is 15.6 Å². The van der Waals surface area contributed by atoms with Gasteiger partial charge in [-0.25, -0.2) is 9.13 Å². The van der Waals surface area contributed by atoms with Crippen molar-refractivity contribution in [3.8, 4) is 0 Å². The van der Waals surface area contributed by atoms with Gasteiger partial charge in [-0.3, -0.25) is 32.5 Å². The third-order valence-corrected chi connectivity index (χ3v) is 26.3. The lowest BCUT2D eigenvalue weighted by Gasteiger charge is -2.21. The van der Waals surface area contributed by atoms with E-state index in [4.69, 9.17) is 32.3 Å². The molecule has 137 heavy (non-hydrogen) atoms. The molecule has 18 heteroatoms. The van der Waals surface area contributed by atoms with Crippen LogP contribution in [0.1, 0.15) is 509 Å². The lowest BCUT2D eigenvalue weighted by molar-refractivity contribution is -0.161. The standard InChI is InChI=1S/C119H208O16P2/c1-4-7-10-13-16-19-22-25-28-31-34-37-40-43-46-49-52-54-56-58-61-63-66-69-72-75-78-81-84-87-90-93-96-99-102-105-117(122)129-108-114(120)109-131-136(125,126)132-110-115(121)111-133-137(127,128)134-113-116(135-119(124)107-104-101-98-95-92-89-86-83-80-77-74-71-68-65-60-51-48-45-42-39-36-33-30-27-24-21-18-15-12-9-6-3)112-130-118(123)106-103-100-97-94-91-88-85-82-79-76-73-70-67-64-62-59-57-55-53-50-47-44-41-38-35-32-29-26-23-20-17-14-11-8-5-2/h9,12,16-21,25-30,34-39,43-48,60,65,114-116,120-121H,4-8,10-11,13-15,22-24,31-33,40-42,49-59,61-64,66-113H2,1-3H3,(H,125,126)(H,127,128)/b12-9-,19-16-,20-17-,21-18-,28-25-,29-26-,30-27-,37-34-,38-35-,39-36-,46-43-,47-44-,48-45-,65-60-. The summed E-state index contributed by atoms with van der Waals surface area (Å²) in [5, 5.41) is 20.8. The molecule has 0 aromatic rings. The first kappa shape index (κ1) is 132. The Morgan fingerprint density at radius 1 is 0.212 bits per heavy atom. The van der Waals surface area contributed by atoms with Gasteiger partial charge in [0.05, 0.1) is 26.4 Å². The van der Waals surface area contributed by atoms with Gasteiger partial charge < -0.3 is 34.2 Å². The molecule has 0 spiro atoms. The highest BCUT2D eigenvalue weighted by molar-refractivity contribution is 7.47. The number of hydrogen-bond acceptors (Lipinski definition) is 14. The molecule has 0 rings (SSSR count). The third kappa shape index (κ3) is 111.